The molecule has 0 spiro atoms. The highest BCUT2D eigenvalue weighted by Gasteiger charge is 2.16. The van der Waals surface area contributed by atoms with Gasteiger partial charge in [-0.2, -0.15) is 0 Å². The molecule has 0 aliphatic heterocycles. The fraction of sp³-hybridized carbons (Fsp3) is 0.231. The second-order valence-corrected chi connectivity index (χ2v) is 7.77. The minimum Gasteiger partial charge on any atom is -0.497 e. The van der Waals surface area contributed by atoms with Gasteiger partial charge in [0.25, 0.3) is 5.91 Å². The highest BCUT2D eigenvalue weighted by molar-refractivity contribution is 5.94. The molecule has 0 saturated heterocycles. The van der Waals surface area contributed by atoms with Gasteiger partial charge >= 0.3 is 0 Å². The first-order valence-corrected chi connectivity index (χ1v) is 10.7. The number of pyridine rings is 1. The van der Waals surface area contributed by atoms with Gasteiger partial charge in [-0.25, -0.2) is 4.98 Å². The monoisotopic (exact) mass is 445 g/mol. The molecule has 1 N–H and O–H groups in total. The molecule has 0 aliphatic carbocycles. The maximum atomic E-state index is 12.8. The maximum absolute atomic E-state index is 12.8. The van der Waals surface area contributed by atoms with Crippen molar-refractivity contribution in [2.24, 2.45) is 0 Å². The quantitative estimate of drug-likeness (QED) is 0.424. The van der Waals surface area contributed by atoms with Gasteiger partial charge in [0.15, 0.2) is 0 Å². The molecule has 7 heteroatoms. The molecule has 33 heavy (non-hydrogen) atoms. The summed E-state index contributed by atoms with van der Waals surface area (Å²) in [4.78, 5) is 17.4. The highest BCUT2D eigenvalue weighted by Crippen LogP contribution is 2.29. The molecule has 0 radical (unpaired) electrons. The van der Waals surface area contributed by atoms with E-state index in [1.165, 1.54) is 0 Å². The molecule has 0 unspecified atom stereocenters. The number of imidazole rings is 1. The minimum absolute atomic E-state index is 0.185. The Bertz CT molecular complexity index is 1260. The average Bonchev–Trinajstić information content (AvgIpc) is 3.27. The van der Waals surface area contributed by atoms with E-state index in [0.29, 0.717) is 29.4 Å². The van der Waals surface area contributed by atoms with E-state index in [1.807, 2.05) is 61.0 Å². The van der Waals surface area contributed by atoms with Gasteiger partial charge in [0.1, 0.15) is 29.5 Å². The molecule has 2 heterocycles. The Morgan fingerprint density at radius 3 is 2.52 bits per heavy atom. The predicted molar refractivity (Wildman–Crippen MR) is 126 cm³/mol. The summed E-state index contributed by atoms with van der Waals surface area (Å²) in [6.45, 7) is 4.28. The molecule has 0 fully saturated rings. The predicted octanol–water partition coefficient (Wildman–Crippen LogP) is 4.73. The molecule has 1 atom stereocenters. The number of fused-ring (bicyclic) bond motifs is 1. The standard InChI is InChI=1S/C26H27N3O4/c1-17-6-5-13-29-15-20(28-25(17)29)16-33-21-9-7-19(8-10-21)26(30)27-18(2)23-14-22(31-3)11-12-24(23)32-4/h5-15,18H,16H2,1-4H3,(H,27,30)/t18-/m0/s1. The zero-order chi connectivity index (χ0) is 23.4. The maximum Gasteiger partial charge on any atom is 0.251 e. The summed E-state index contributed by atoms with van der Waals surface area (Å²) >= 11 is 0. The number of carbonyl (C=O) groups is 1. The van der Waals surface area contributed by atoms with Gasteiger partial charge in [0, 0.05) is 23.5 Å². The van der Waals surface area contributed by atoms with Crippen LogP contribution in [0, 0.1) is 6.92 Å². The summed E-state index contributed by atoms with van der Waals surface area (Å²) in [7, 11) is 3.21. The largest absolute Gasteiger partial charge is 0.497 e. The van der Waals surface area contributed by atoms with Crippen LogP contribution in [-0.4, -0.2) is 29.5 Å². The van der Waals surface area contributed by atoms with Crippen molar-refractivity contribution in [3.63, 3.8) is 0 Å². The Morgan fingerprint density at radius 1 is 1.06 bits per heavy atom. The van der Waals surface area contributed by atoms with Gasteiger partial charge in [0.05, 0.1) is 26.0 Å². The van der Waals surface area contributed by atoms with Crippen molar-refractivity contribution in [2.45, 2.75) is 26.5 Å². The van der Waals surface area contributed by atoms with Crippen LogP contribution in [-0.2, 0) is 6.61 Å². The molecule has 2 aromatic carbocycles. The van der Waals surface area contributed by atoms with Crippen LogP contribution >= 0.6 is 0 Å². The summed E-state index contributed by atoms with van der Waals surface area (Å²) in [5.41, 5.74) is 4.25. The molecule has 4 aromatic rings. The summed E-state index contributed by atoms with van der Waals surface area (Å²) in [6, 6.07) is 16.3. The van der Waals surface area contributed by atoms with Crippen LogP contribution < -0.4 is 19.5 Å². The van der Waals surface area contributed by atoms with Gasteiger partial charge in [-0.05, 0) is 67.9 Å². The molecular formula is C26H27N3O4. The lowest BCUT2D eigenvalue weighted by molar-refractivity contribution is 0.0939. The molecule has 0 aliphatic rings. The average molecular weight is 446 g/mol. The van der Waals surface area contributed by atoms with Crippen molar-refractivity contribution in [3.05, 3.63) is 89.4 Å². The highest BCUT2D eigenvalue weighted by atomic mass is 16.5. The van der Waals surface area contributed by atoms with Crippen molar-refractivity contribution < 1.29 is 19.0 Å². The van der Waals surface area contributed by atoms with Gasteiger partial charge in [0.2, 0.25) is 0 Å². The fourth-order valence-electron chi connectivity index (χ4n) is 3.67. The lowest BCUT2D eigenvalue weighted by Crippen LogP contribution is -2.26. The minimum atomic E-state index is -0.267. The second-order valence-electron chi connectivity index (χ2n) is 7.77. The number of aryl methyl sites for hydroxylation is 1. The topological polar surface area (TPSA) is 74.1 Å². The molecular weight excluding hydrogens is 418 g/mol. The first-order valence-electron chi connectivity index (χ1n) is 10.7. The number of methoxy groups -OCH3 is 2. The van der Waals surface area contributed by atoms with Gasteiger partial charge in [-0.3, -0.25) is 4.79 Å². The van der Waals surface area contributed by atoms with E-state index in [0.717, 1.165) is 22.5 Å². The molecule has 0 bridgehead atoms. The van der Waals surface area contributed by atoms with Crippen molar-refractivity contribution in [1.29, 1.82) is 0 Å². The lowest BCUT2D eigenvalue weighted by Gasteiger charge is -2.18. The molecule has 170 valence electrons. The Labute approximate surface area is 192 Å². The Hall–Kier alpha value is -4.00. The number of hydrogen-bond acceptors (Lipinski definition) is 5. The van der Waals surface area contributed by atoms with Crippen molar-refractivity contribution in [3.8, 4) is 17.2 Å². The Balaban J connectivity index is 1.39. The first kappa shape index (κ1) is 22.2. The van der Waals surface area contributed by atoms with Crippen LogP contribution in [0.4, 0.5) is 0 Å². The van der Waals surface area contributed by atoms with Crippen LogP contribution in [0.25, 0.3) is 5.65 Å². The number of rotatable bonds is 8. The van der Waals surface area contributed by atoms with Crippen LogP contribution in [0.1, 0.15) is 40.1 Å². The van der Waals surface area contributed by atoms with Crippen LogP contribution in [0.2, 0.25) is 0 Å². The van der Waals surface area contributed by atoms with Crippen molar-refractivity contribution >= 4 is 11.6 Å². The summed E-state index contributed by atoms with van der Waals surface area (Å²) in [5, 5.41) is 3.01. The molecule has 1 amide bonds. The Kier molecular flexibility index (Phi) is 6.49. The number of ether oxygens (including phenoxy) is 3. The van der Waals surface area contributed by atoms with Gasteiger partial charge < -0.3 is 23.9 Å². The van der Waals surface area contributed by atoms with Crippen LogP contribution in [0.3, 0.4) is 0 Å². The summed E-state index contributed by atoms with van der Waals surface area (Å²) in [6.07, 6.45) is 3.92. The van der Waals surface area contributed by atoms with Crippen molar-refractivity contribution in [1.82, 2.24) is 14.7 Å². The smallest absolute Gasteiger partial charge is 0.251 e. The number of hydrogen-bond donors (Lipinski definition) is 1. The number of aromatic nitrogens is 2. The number of carbonyl (C=O) groups excluding carboxylic acids is 1. The number of benzene rings is 2. The van der Waals surface area contributed by atoms with E-state index in [1.54, 1.807) is 38.5 Å². The van der Waals surface area contributed by atoms with Gasteiger partial charge in [-0.15, -0.1) is 0 Å². The normalized spacial score (nSPS) is 11.8. The van der Waals surface area contributed by atoms with Crippen LogP contribution in [0.5, 0.6) is 17.2 Å². The number of nitrogens with one attached hydrogen (secondary N) is 1. The van der Waals surface area contributed by atoms with Gasteiger partial charge in [-0.1, -0.05) is 6.07 Å². The zero-order valence-corrected chi connectivity index (χ0v) is 19.2. The van der Waals surface area contributed by atoms with E-state index < -0.39 is 0 Å². The summed E-state index contributed by atoms with van der Waals surface area (Å²) < 4.78 is 18.6. The molecule has 7 nitrogen and oxygen atoms in total. The SMILES string of the molecule is COc1ccc(OC)c([C@H](C)NC(=O)c2ccc(OCc3cn4cccc(C)c4n3)cc2)c1. The van der Waals surface area contributed by atoms with E-state index in [2.05, 4.69) is 10.3 Å². The van der Waals surface area contributed by atoms with Crippen LogP contribution in [0.15, 0.2) is 67.0 Å². The zero-order valence-electron chi connectivity index (χ0n) is 19.2. The molecule has 0 saturated carbocycles. The third-order valence-corrected chi connectivity index (χ3v) is 5.48. The number of amides is 1. The molecule has 2 aromatic heterocycles. The van der Waals surface area contributed by atoms with E-state index >= 15 is 0 Å². The Morgan fingerprint density at radius 2 is 1.82 bits per heavy atom. The van der Waals surface area contributed by atoms with E-state index in [9.17, 15) is 4.79 Å². The summed E-state index contributed by atoms with van der Waals surface area (Å²) in [5.74, 6) is 1.88. The third kappa shape index (κ3) is 4.92. The number of nitrogens with zero attached hydrogens (tertiary/aromatic N) is 2. The van der Waals surface area contributed by atoms with E-state index in [-0.39, 0.29) is 11.9 Å². The third-order valence-electron chi connectivity index (χ3n) is 5.48. The molecule has 4 rings (SSSR count). The second kappa shape index (κ2) is 9.65. The lowest BCUT2D eigenvalue weighted by atomic mass is 10.1. The fourth-order valence-corrected chi connectivity index (χ4v) is 3.67. The first-order chi connectivity index (χ1) is 16.0. The van der Waals surface area contributed by atoms with Crippen molar-refractivity contribution in [2.75, 3.05) is 14.2 Å². The van der Waals surface area contributed by atoms with E-state index in [4.69, 9.17) is 14.2 Å².